The Morgan fingerprint density at radius 3 is 3.18 bits per heavy atom. The fourth-order valence-electron chi connectivity index (χ4n) is 1.17. The van der Waals surface area contributed by atoms with Crippen molar-refractivity contribution >= 4 is 0 Å². The van der Waals surface area contributed by atoms with Gasteiger partial charge in [-0.15, -0.1) is 6.42 Å². The van der Waals surface area contributed by atoms with Crippen molar-refractivity contribution in [1.82, 2.24) is 5.32 Å². The molecule has 0 amide bonds. The Balaban J connectivity index is 2.07. The largest absolute Gasteiger partial charge is 0.377 e. The van der Waals surface area contributed by atoms with Crippen LogP contribution < -0.4 is 5.32 Å². The average molecular weight is 153 g/mol. The van der Waals surface area contributed by atoms with Gasteiger partial charge in [-0.3, -0.25) is 0 Å². The van der Waals surface area contributed by atoms with Gasteiger partial charge in [-0.25, -0.2) is 0 Å². The Hall–Kier alpha value is -0.520. The van der Waals surface area contributed by atoms with E-state index in [1.807, 2.05) is 6.92 Å². The van der Waals surface area contributed by atoms with Gasteiger partial charge in [-0.05, 0) is 19.8 Å². The number of nitrogens with one attached hydrogen (secondary N) is 1. The standard InChI is InChI=1S/C9H15NO/c1-3-8(2)10-7-9-5-4-6-11-9/h1,8-10H,4-7H2,2H3. The van der Waals surface area contributed by atoms with E-state index < -0.39 is 0 Å². The fourth-order valence-corrected chi connectivity index (χ4v) is 1.17. The Labute approximate surface area is 68.3 Å². The molecule has 1 N–H and O–H groups in total. The molecule has 0 saturated carbocycles. The highest BCUT2D eigenvalue weighted by molar-refractivity contribution is 4.96. The lowest BCUT2D eigenvalue weighted by atomic mass is 10.2. The molecule has 0 radical (unpaired) electrons. The normalized spacial score (nSPS) is 26.4. The summed E-state index contributed by atoms with van der Waals surface area (Å²) in [4.78, 5) is 0. The molecule has 0 aromatic rings. The summed E-state index contributed by atoms with van der Waals surface area (Å²) >= 11 is 0. The van der Waals surface area contributed by atoms with E-state index in [4.69, 9.17) is 11.2 Å². The predicted molar refractivity (Wildman–Crippen MR) is 45.3 cm³/mol. The monoisotopic (exact) mass is 153 g/mol. The zero-order valence-electron chi connectivity index (χ0n) is 6.97. The molecule has 0 spiro atoms. The second kappa shape index (κ2) is 4.38. The molecule has 2 unspecified atom stereocenters. The van der Waals surface area contributed by atoms with Crippen molar-refractivity contribution in [3.05, 3.63) is 0 Å². The molecule has 2 heteroatoms. The van der Waals surface area contributed by atoms with E-state index in [1.165, 1.54) is 12.8 Å². The molecule has 0 bridgehead atoms. The van der Waals surface area contributed by atoms with E-state index in [0.29, 0.717) is 6.10 Å². The van der Waals surface area contributed by atoms with Crippen molar-refractivity contribution in [1.29, 1.82) is 0 Å². The van der Waals surface area contributed by atoms with Crippen LogP contribution in [-0.2, 0) is 4.74 Å². The smallest absolute Gasteiger partial charge is 0.0700 e. The summed E-state index contributed by atoms with van der Waals surface area (Å²) in [5.74, 6) is 2.62. The first-order valence-electron chi connectivity index (χ1n) is 4.14. The highest BCUT2D eigenvalue weighted by Gasteiger charge is 2.14. The highest BCUT2D eigenvalue weighted by Crippen LogP contribution is 2.10. The number of rotatable bonds is 3. The summed E-state index contributed by atoms with van der Waals surface area (Å²) in [7, 11) is 0. The minimum atomic E-state index is 0.166. The number of hydrogen-bond donors (Lipinski definition) is 1. The summed E-state index contributed by atoms with van der Waals surface area (Å²) in [6, 6.07) is 0.166. The van der Waals surface area contributed by atoms with Crippen LogP contribution in [0.1, 0.15) is 19.8 Å². The van der Waals surface area contributed by atoms with Gasteiger partial charge in [-0.1, -0.05) is 5.92 Å². The van der Waals surface area contributed by atoms with Crippen molar-refractivity contribution in [2.45, 2.75) is 31.9 Å². The second-order valence-electron chi connectivity index (χ2n) is 2.93. The number of terminal acetylenes is 1. The second-order valence-corrected chi connectivity index (χ2v) is 2.93. The molecule has 0 aromatic heterocycles. The van der Waals surface area contributed by atoms with Crippen molar-refractivity contribution in [3.8, 4) is 12.3 Å². The van der Waals surface area contributed by atoms with Crippen LogP contribution in [0.3, 0.4) is 0 Å². The maximum Gasteiger partial charge on any atom is 0.0700 e. The Bertz CT molecular complexity index is 144. The van der Waals surface area contributed by atoms with Crippen molar-refractivity contribution < 1.29 is 4.74 Å². The Morgan fingerprint density at radius 2 is 2.64 bits per heavy atom. The van der Waals surface area contributed by atoms with Crippen molar-refractivity contribution in [2.75, 3.05) is 13.2 Å². The Morgan fingerprint density at radius 1 is 1.82 bits per heavy atom. The first-order chi connectivity index (χ1) is 5.33. The van der Waals surface area contributed by atoms with Crippen LogP contribution >= 0.6 is 0 Å². The molecule has 1 rings (SSSR count). The van der Waals surface area contributed by atoms with E-state index in [1.54, 1.807) is 0 Å². The molecule has 62 valence electrons. The zero-order valence-corrected chi connectivity index (χ0v) is 6.97. The van der Waals surface area contributed by atoms with Crippen LogP contribution in [0.25, 0.3) is 0 Å². The van der Waals surface area contributed by atoms with Gasteiger partial charge in [0.2, 0.25) is 0 Å². The third-order valence-electron chi connectivity index (χ3n) is 1.93. The number of hydrogen-bond acceptors (Lipinski definition) is 2. The molecule has 1 saturated heterocycles. The molecular weight excluding hydrogens is 138 g/mol. The van der Waals surface area contributed by atoms with Crippen LogP contribution in [-0.4, -0.2) is 25.3 Å². The SMILES string of the molecule is C#CC(C)NCC1CCCO1. The molecule has 2 nitrogen and oxygen atoms in total. The van der Waals surface area contributed by atoms with Gasteiger partial charge in [0.1, 0.15) is 0 Å². The molecule has 11 heavy (non-hydrogen) atoms. The summed E-state index contributed by atoms with van der Waals surface area (Å²) in [5.41, 5.74) is 0. The van der Waals surface area contributed by atoms with E-state index >= 15 is 0 Å². The average Bonchev–Trinajstić information content (AvgIpc) is 2.52. The van der Waals surface area contributed by atoms with Crippen LogP contribution in [0.5, 0.6) is 0 Å². The van der Waals surface area contributed by atoms with E-state index in [-0.39, 0.29) is 6.04 Å². The predicted octanol–water partition coefficient (Wildman–Crippen LogP) is 0.777. The maximum absolute atomic E-state index is 5.42. The van der Waals surface area contributed by atoms with E-state index in [0.717, 1.165) is 13.2 Å². The summed E-state index contributed by atoms with van der Waals surface area (Å²) in [5, 5.41) is 3.21. The lowest BCUT2D eigenvalue weighted by Gasteiger charge is -2.12. The number of ether oxygens (including phenoxy) is 1. The summed E-state index contributed by atoms with van der Waals surface area (Å²) < 4.78 is 5.42. The molecule has 1 fully saturated rings. The van der Waals surface area contributed by atoms with Crippen LogP contribution in [0, 0.1) is 12.3 Å². The Kier molecular flexibility index (Phi) is 3.41. The fraction of sp³-hybridized carbons (Fsp3) is 0.778. The van der Waals surface area contributed by atoms with Gasteiger partial charge in [0.05, 0.1) is 12.1 Å². The van der Waals surface area contributed by atoms with Crippen LogP contribution in [0.4, 0.5) is 0 Å². The van der Waals surface area contributed by atoms with Crippen LogP contribution in [0.2, 0.25) is 0 Å². The maximum atomic E-state index is 5.42. The van der Waals surface area contributed by atoms with Gasteiger partial charge in [0.25, 0.3) is 0 Å². The molecular formula is C9H15NO. The van der Waals surface area contributed by atoms with Crippen molar-refractivity contribution in [2.24, 2.45) is 0 Å². The van der Waals surface area contributed by atoms with Gasteiger partial charge >= 0.3 is 0 Å². The first kappa shape index (κ1) is 8.58. The molecule has 1 aliphatic rings. The van der Waals surface area contributed by atoms with Gasteiger partial charge in [0, 0.05) is 13.2 Å². The van der Waals surface area contributed by atoms with E-state index in [2.05, 4.69) is 11.2 Å². The molecule has 2 atom stereocenters. The van der Waals surface area contributed by atoms with Gasteiger partial charge in [0.15, 0.2) is 0 Å². The quantitative estimate of drug-likeness (QED) is 0.605. The first-order valence-corrected chi connectivity index (χ1v) is 4.14. The molecule has 1 aliphatic heterocycles. The van der Waals surface area contributed by atoms with Gasteiger partial charge in [-0.2, -0.15) is 0 Å². The lowest BCUT2D eigenvalue weighted by Crippen LogP contribution is -2.32. The molecule has 0 aromatic carbocycles. The highest BCUT2D eigenvalue weighted by atomic mass is 16.5. The minimum Gasteiger partial charge on any atom is -0.377 e. The summed E-state index contributed by atoms with van der Waals surface area (Å²) in [6.07, 6.45) is 7.96. The zero-order chi connectivity index (χ0) is 8.10. The van der Waals surface area contributed by atoms with Crippen LogP contribution in [0.15, 0.2) is 0 Å². The summed E-state index contributed by atoms with van der Waals surface area (Å²) in [6.45, 7) is 3.79. The lowest BCUT2D eigenvalue weighted by molar-refractivity contribution is 0.109. The third-order valence-corrected chi connectivity index (χ3v) is 1.93. The topological polar surface area (TPSA) is 21.3 Å². The van der Waals surface area contributed by atoms with Gasteiger partial charge < -0.3 is 10.1 Å². The third kappa shape index (κ3) is 2.92. The van der Waals surface area contributed by atoms with E-state index in [9.17, 15) is 0 Å². The van der Waals surface area contributed by atoms with Crippen molar-refractivity contribution in [3.63, 3.8) is 0 Å². The minimum absolute atomic E-state index is 0.166. The molecule has 1 heterocycles. The molecule has 0 aliphatic carbocycles.